The number of anilines is 1. The number of carbonyl (C=O) groups is 1. The molecular formula is C16H18ClFN4OS. The fourth-order valence-corrected chi connectivity index (χ4v) is 3.62. The first kappa shape index (κ1) is 17.2. The molecule has 128 valence electrons. The summed E-state index contributed by atoms with van der Waals surface area (Å²) in [6, 6.07) is 4.03. The number of H-pyrrole nitrogens is 1. The number of aromatic nitrogens is 3. The van der Waals surface area contributed by atoms with Crippen LogP contribution in [-0.2, 0) is 11.2 Å². The summed E-state index contributed by atoms with van der Waals surface area (Å²) < 4.78 is 13.6. The minimum absolute atomic E-state index is 0.0741. The van der Waals surface area contributed by atoms with Crippen molar-refractivity contribution in [3.63, 3.8) is 0 Å². The van der Waals surface area contributed by atoms with E-state index in [0.717, 1.165) is 12.2 Å². The van der Waals surface area contributed by atoms with Crippen LogP contribution >= 0.6 is 23.4 Å². The smallest absolute Gasteiger partial charge is 0.234 e. The first-order valence-corrected chi connectivity index (χ1v) is 9.25. The molecular weight excluding hydrogens is 351 g/mol. The Morgan fingerprint density at radius 2 is 2.21 bits per heavy atom. The Morgan fingerprint density at radius 3 is 3.00 bits per heavy atom. The number of nitrogens with one attached hydrogen (secondary N) is 2. The molecule has 0 unspecified atom stereocenters. The van der Waals surface area contributed by atoms with E-state index in [2.05, 4.69) is 20.5 Å². The van der Waals surface area contributed by atoms with Gasteiger partial charge in [-0.25, -0.2) is 9.37 Å². The third-order valence-corrected chi connectivity index (χ3v) is 5.09. The number of hydrogen-bond donors (Lipinski definition) is 2. The second kappa shape index (κ2) is 7.98. The van der Waals surface area contributed by atoms with Gasteiger partial charge in [0.15, 0.2) is 0 Å². The molecule has 0 bridgehead atoms. The van der Waals surface area contributed by atoms with Crippen molar-refractivity contribution in [1.82, 2.24) is 15.2 Å². The van der Waals surface area contributed by atoms with E-state index < -0.39 is 5.82 Å². The van der Waals surface area contributed by atoms with Crippen LogP contribution in [0.25, 0.3) is 0 Å². The molecule has 0 spiro atoms. The zero-order valence-corrected chi connectivity index (χ0v) is 14.6. The van der Waals surface area contributed by atoms with Crippen LogP contribution in [0.5, 0.6) is 0 Å². The summed E-state index contributed by atoms with van der Waals surface area (Å²) in [5, 5.41) is 10.5. The van der Waals surface area contributed by atoms with Crippen molar-refractivity contribution in [2.24, 2.45) is 5.92 Å². The summed E-state index contributed by atoms with van der Waals surface area (Å²) in [5.74, 6) is 0.806. The van der Waals surface area contributed by atoms with E-state index in [1.54, 1.807) is 0 Å². The minimum Gasteiger partial charge on any atom is -0.323 e. The highest BCUT2D eigenvalue weighted by molar-refractivity contribution is 7.99. The van der Waals surface area contributed by atoms with Gasteiger partial charge in [0.2, 0.25) is 11.1 Å². The lowest BCUT2D eigenvalue weighted by Gasteiger charge is -2.06. The number of thioether (sulfide) groups is 1. The van der Waals surface area contributed by atoms with Gasteiger partial charge in [0.1, 0.15) is 11.6 Å². The maximum Gasteiger partial charge on any atom is 0.234 e. The average molecular weight is 369 g/mol. The third kappa shape index (κ3) is 4.70. The fourth-order valence-electron chi connectivity index (χ4n) is 2.83. The molecule has 1 saturated carbocycles. The van der Waals surface area contributed by atoms with Crippen LogP contribution in [0.3, 0.4) is 0 Å². The number of aromatic amines is 1. The summed E-state index contributed by atoms with van der Waals surface area (Å²) in [7, 11) is 0. The van der Waals surface area contributed by atoms with Crippen LogP contribution in [-0.4, -0.2) is 26.8 Å². The van der Waals surface area contributed by atoms with Crippen LogP contribution in [0.4, 0.5) is 10.1 Å². The van der Waals surface area contributed by atoms with Gasteiger partial charge in [0.25, 0.3) is 0 Å². The molecule has 1 aromatic heterocycles. The van der Waals surface area contributed by atoms with Gasteiger partial charge in [0.05, 0.1) is 11.4 Å². The second-order valence-electron chi connectivity index (χ2n) is 5.88. The van der Waals surface area contributed by atoms with E-state index >= 15 is 0 Å². The van der Waals surface area contributed by atoms with Gasteiger partial charge in [-0.1, -0.05) is 49.0 Å². The monoisotopic (exact) mass is 368 g/mol. The van der Waals surface area contributed by atoms with Crippen LogP contribution in [0.15, 0.2) is 23.4 Å². The van der Waals surface area contributed by atoms with Crippen molar-refractivity contribution >= 4 is 35.0 Å². The predicted octanol–water partition coefficient (Wildman–Crippen LogP) is 4.06. The van der Waals surface area contributed by atoms with Crippen molar-refractivity contribution in [1.29, 1.82) is 0 Å². The van der Waals surface area contributed by atoms with Gasteiger partial charge in [0, 0.05) is 11.4 Å². The lowest BCUT2D eigenvalue weighted by Crippen LogP contribution is -2.15. The Labute approximate surface area is 148 Å². The Morgan fingerprint density at radius 1 is 1.42 bits per heavy atom. The number of nitrogens with zero attached hydrogens (tertiary/aromatic N) is 2. The summed E-state index contributed by atoms with van der Waals surface area (Å²) >= 11 is 7.01. The van der Waals surface area contributed by atoms with E-state index in [9.17, 15) is 9.18 Å². The number of benzene rings is 1. The first-order chi connectivity index (χ1) is 11.6. The van der Waals surface area contributed by atoms with E-state index in [1.165, 1.54) is 55.6 Å². The lowest BCUT2D eigenvalue weighted by atomic mass is 10.0. The fraction of sp³-hybridized carbons (Fsp3) is 0.438. The molecule has 24 heavy (non-hydrogen) atoms. The first-order valence-electron chi connectivity index (χ1n) is 7.89. The van der Waals surface area contributed by atoms with Crippen LogP contribution in [0.2, 0.25) is 5.02 Å². The molecule has 5 nitrogen and oxygen atoms in total. The predicted molar refractivity (Wildman–Crippen MR) is 92.8 cm³/mol. The number of carbonyl (C=O) groups excluding carboxylic acids is 1. The average Bonchev–Trinajstić information content (AvgIpc) is 3.21. The van der Waals surface area contributed by atoms with Gasteiger partial charge in [-0.05, 0) is 24.1 Å². The van der Waals surface area contributed by atoms with Crippen molar-refractivity contribution < 1.29 is 9.18 Å². The molecule has 1 amide bonds. The van der Waals surface area contributed by atoms with Crippen molar-refractivity contribution in [2.75, 3.05) is 11.1 Å². The summed E-state index contributed by atoms with van der Waals surface area (Å²) in [6.07, 6.45) is 5.99. The highest BCUT2D eigenvalue weighted by atomic mass is 35.5. The maximum absolute atomic E-state index is 13.6. The summed E-state index contributed by atoms with van der Waals surface area (Å²) in [6.45, 7) is 0. The SMILES string of the molecule is O=C(CSc1n[nH]c(CC2CCCC2)n1)Nc1cc(Cl)ccc1F. The standard InChI is InChI=1S/C16H18ClFN4OS/c17-11-5-6-12(18)13(8-11)19-15(23)9-24-16-20-14(21-22-16)7-10-3-1-2-4-10/h5-6,8,10H,1-4,7,9H2,(H,19,23)(H,20,21,22). The maximum atomic E-state index is 13.6. The van der Waals surface area contributed by atoms with Crippen molar-refractivity contribution in [2.45, 2.75) is 37.3 Å². The molecule has 0 radical (unpaired) electrons. The number of hydrogen-bond acceptors (Lipinski definition) is 4. The Balaban J connectivity index is 1.49. The van der Waals surface area contributed by atoms with Crippen LogP contribution in [0, 0.1) is 11.7 Å². The Hall–Kier alpha value is -1.60. The Kier molecular flexibility index (Phi) is 5.73. The van der Waals surface area contributed by atoms with Gasteiger partial charge < -0.3 is 5.32 Å². The number of amides is 1. The summed E-state index contributed by atoms with van der Waals surface area (Å²) in [5.41, 5.74) is 0.0741. The van der Waals surface area contributed by atoms with Crippen molar-refractivity contribution in [3.05, 3.63) is 34.9 Å². The van der Waals surface area contributed by atoms with Crippen LogP contribution in [0.1, 0.15) is 31.5 Å². The molecule has 0 saturated heterocycles. The zero-order chi connectivity index (χ0) is 16.9. The molecule has 1 fully saturated rings. The molecule has 2 N–H and O–H groups in total. The molecule has 3 rings (SSSR count). The highest BCUT2D eigenvalue weighted by Crippen LogP contribution is 2.27. The minimum atomic E-state index is -0.519. The van der Waals surface area contributed by atoms with E-state index in [-0.39, 0.29) is 17.3 Å². The molecule has 8 heteroatoms. The molecule has 1 heterocycles. The highest BCUT2D eigenvalue weighted by Gasteiger charge is 2.17. The van der Waals surface area contributed by atoms with Gasteiger partial charge in [-0.2, -0.15) is 0 Å². The molecule has 1 aliphatic carbocycles. The van der Waals surface area contributed by atoms with Gasteiger partial charge in [-0.3, -0.25) is 9.89 Å². The summed E-state index contributed by atoms with van der Waals surface area (Å²) in [4.78, 5) is 16.3. The van der Waals surface area contributed by atoms with Crippen LogP contribution < -0.4 is 5.32 Å². The number of halogens is 2. The second-order valence-corrected chi connectivity index (χ2v) is 7.26. The molecule has 1 aromatic carbocycles. The molecule has 0 atom stereocenters. The molecule has 1 aliphatic rings. The normalized spacial score (nSPS) is 14.9. The van der Waals surface area contributed by atoms with Gasteiger partial charge in [-0.15, -0.1) is 5.10 Å². The Bertz CT molecular complexity index is 718. The zero-order valence-electron chi connectivity index (χ0n) is 13.0. The van der Waals surface area contributed by atoms with Gasteiger partial charge >= 0.3 is 0 Å². The third-order valence-electron chi connectivity index (χ3n) is 4.00. The van der Waals surface area contributed by atoms with E-state index in [4.69, 9.17) is 11.6 Å². The topological polar surface area (TPSA) is 70.7 Å². The van der Waals surface area contributed by atoms with E-state index in [1.807, 2.05) is 0 Å². The lowest BCUT2D eigenvalue weighted by molar-refractivity contribution is -0.113. The quantitative estimate of drug-likeness (QED) is 0.754. The number of rotatable bonds is 6. The largest absolute Gasteiger partial charge is 0.323 e. The molecule has 0 aliphatic heterocycles. The van der Waals surface area contributed by atoms with E-state index in [0.29, 0.717) is 16.1 Å². The molecule has 2 aromatic rings. The van der Waals surface area contributed by atoms with Crippen molar-refractivity contribution in [3.8, 4) is 0 Å².